The van der Waals surface area contributed by atoms with E-state index < -0.39 is 10.7 Å². The highest BCUT2D eigenvalue weighted by Gasteiger charge is 2.19. The lowest BCUT2D eigenvalue weighted by atomic mass is 10.1. The van der Waals surface area contributed by atoms with E-state index in [1.807, 2.05) is 0 Å². The molecule has 1 heterocycles. The molecule has 2 aromatic carbocycles. The van der Waals surface area contributed by atoms with Gasteiger partial charge in [0.2, 0.25) is 5.78 Å². The van der Waals surface area contributed by atoms with Gasteiger partial charge in [-0.25, -0.2) is 0 Å². The third-order valence-corrected chi connectivity index (χ3v) is 4.11. The fraction of sp³-hybridized carbons (Fsp3) is 0.150. The molecule has 0 atom stereocenters. The van der Waals surface area contributed by atoms with Crippen molar-refractivity contribution in [2.24, 2.45) is 0 Å². The van der Waals surface area contributed by atoms with Crippen LogP contribution in [0.25, 0.3) is 17.0 Å². The number of methoxy groups -OCH3 is 3. The largest absolute Gasteiger partial charge is 0.493 e. The molecule has 0 saturated heterocycles. The van der Waals surface area contributed by atoms with Crippen LogP contribution < -0.4 is 14.2 Å². The van der Waals surface area contributed by atoms with Gasteiger partial charge in [0.15, 0.2) is 28.6 Å². The summed E-state index contributed by atoms with van der Waals surface area (Å²) in [5.74, 6) is 0.702. The summed E-state index contributed by atoms with van der Waals surface area (Å²) in [5.41, 5.74) is 0.441. The molecule has 3 aromatic rings. The first-order valence-electron chi connectivity index (χ1n) is 8.17. The van der Waals surface area contributed by atoms with Gasteiger partial charge < -0.3 is 18.6 Å². The van der Waals surface area contributed by atoms with E-state index >= 15 is 0 Å². The summed E-state index contributed by atoms with van der Waals surface area (Å²) in [6, 6.07) is 9.57. The van der Waals surface area contributed by atoms with Gasteiger partial charge in [-0.3, -0.25) is 14.9 Å². The zero-order valence-electron chi connectivity index (χ0n) is 15.4. The number of carbonyl (C=O) groups is 1. The number of ketones is 1. The van der Waals surface area contributed by atoms with Crippen molar-refractivity contribution in [1.29, 1.82) is 0 Å². The number of allylic oxidation sites excluding steroid dienone is 1. The van der Waals surface area contributed by atoms with Gasteiger partial charge in [0.05, 0.1) is 37.9 Å². The summed E-state index contributed by atoms with van der Waals surface area (Å²) in [6.07, 6.45) is 2.55. The minimum absolute atomic E-state index is 0.0962. The van der Waals surface area contributed by atoms with Gasteiger partial charge in [0.1, 0.15) is 0 Å². The Morgan fingerprint density at radius 3 is 2.36 bits per heavy atom. The predicted molar refractivity (Wildman–Crippen MR) is 102 cm³/mol. The molecule has 0 saturated carbocycles. The normalized spacial score (nSPS) is 11.0. The van der Waals surface area contributed by atoms with Crippen LogP contribution in [0.4, 0.5) is 5.69 Å². The third kappa shape index (κ3) is 3.52. The van der Waals surface area contributed by atoms with Crippen LogP contribution in [0.2, 0.25) is 0 Å². The van der Waals surface area contributed by atoms with Crippen molar-refractivity contribution in [3.05, 3.63) is 63.9 Å². The topological polar surface area (TPSA) is 101 Å². The molecule has 0 unspecified atom stereocenters. The average molecular weight is 383 g/mol. The molecule has 0 amide bonds. The van der Waals surface area contributed by atoms with Crippen molar-refractivity contribution in [1.82, 2.24) is 0 Å². The highest BCUT2D eigenvalue weighted by molar-refractivity contribution is 6.07. The number of para-hydroxylation sites is 1. The van der Waals surface area contributed by atoms with Gasteiger partial charge in [-0.1, -0.05) is 12.1 Å². The Bertz CT molecular complexity index is 1080. The number of rotatable bonds is 7. The van der Waals surface area contributed by atoms with Gasteiger partial charge in [0, 0.05) is 5.39 Å². The summed E-state index contributed by atoms with van der Waals surface area (Å²) < 4.78 is 21.1. The number of nitrogens with zero attached hydrogens (tertiary/aromatic N) is 1. The molecule has 0 radical (unpaired) electrons. The number of hydrogen-bond acceptors (Lipinski definition) is 7. The number of ether oxygens (including phenoxy) is 3. The standard InChI is InChI=1S/C20H17NO7/c1-25-16-6-4-5-13-10-17(28-20(13)16)15(22)8-7-12-9-18(26-2)19(27-3)11-14(12)21(23)24/h4-11H,1-3H3/b8-7+. The number of nitro benzene ring substituents is 1. The minimum atomic E-state index is -0.557. The summed E-state index contributed by atoms with van der Waals surface area (Å²) in [7, 11) is 4.31. The number of fused-ring (bicyclic) bond motifs is 1. The van der Waals surface area contributed by atoms with Crippen molar-refractivity contribution >= 4 is 28.5 Å². The maximum Gasteiger partial charge on any atom is 0.280 e. The van der Waals surface area contributed by atoms with Gasteiger partial charge in [-0.2, -0.15) is 0 Å². The summed E-state index contributed by atoms with van der Waals surface area (Å²) in [6.45, 7) is 0. The lowest BCUT2D eigenvalue weighted by Crippen LogP contribution is -1.97. The molecular formula is C20H17NO7. The van der Waals surface area contributed by atoms with Crippen LogP contribution in [0, 0.1) is 10.1 Å². The van der Waals surface area contributed by atoms with Crippen molar-refractivity contribution in [3.8, 4) is 17.2 Å². The molecule has 28 heavy (non-hydrogen) atoms. The van der Waals surface area contributed by atoms with Crippen LogP contribution in [-0.4, -0.2) is 32.0 Å². The molecule has 0 aliphatic carbocycles. The number of carbonyl (C=O) groups excluding carboxylic acids is 1. The molecule has 0 spiro atoms. The Morgan fingerprint density at radius 2 is 1.71 bits per heavy atom. The first-order valence-corrected chi connectivity index (χ1v) is 8.17. The molecule has 0 N–H and O–H groups in total. The lowest BCUT2D eigenvalue weighted by molar-refractivity contribution is -0.385. The maximum atomic E-state index is 12.5. The smallest absolute Gasteiger partial charge is 0.280 e. The van der Waals surface area contributed by atoms with Crippen molar-refractivity contribution < 1.29 is 28.3 Å². The molecule has 3 rings (SSSR count). The van der Waals surface area contributed by atoms with Crippen molar-refractivity contribution in [2.45, 2.75) is 0 Å². The van der Waals surface area contributed by atoms with Crippen LogP contribution in [0.5, 0.6) is 17.2 Å². The second kappa shape index (κ2) is 7.83. The van der Waals surface area contributed by atoms with E-state index in [9.17, 15) is 14.9 Å². The first kappa shape index (κ1) is 19.0. The predicted octanol–water partition coefficient (Wildman–Crippen LogP) is 4.26. The molecule has 0 aliphatic heterocycles. The van der Waals surface area contributed by atoms with Gasteiger partial charge in [-0.05, 0) is 30.4 Å². The molecule has 8 nitrogen and oxygen atoms in total. The highest BCUT2D eigenvalue weighted by atomic mass is 16.6. The molecule has 0 bridgehead atoms. The Balaban J connectivity index is 1.97. The van der Waals surface area contributed by atoms with E-state index in [0.717, 1.165) is 0 Å². The van der Waals surface area contributed by atoms with Crippen LogP contribution in [-0.2, 0) is 0 Å². The van der Waals surface area contributed by atoms with Crippen molar-refractivity contribution in [2.75, 3.05) is 21.3 Å². The maximum absolute atomic E-state index is 12.5. The van der Waals surface area contributed by atoms with Crippen LogP contribution in [0.15, 0.2) is 46.9 Å². The second-order valence-corrected chi connectivity index (χ2v) is 5.71. The van der Waals surface area contributed by atoms with Crippen LogP contribution in [0.3, 0.4) is 0 Å². The molecule has 8 heteroatoms. The second-order valence-electron chi connectivity index (χ2n) is 5.71. The molecule has 0 aliphatic rings. The van der Waals surface area contributed by atoms with E-state index in [0.29, 0.717) is 22.5 Å². The minimum Gasteiger partial charge on any atom is -0.493 e. The van der Waals surface area contributed by atoms with E-state index in [2.05, 4.69) is 0 Å². The number of nitro groups is 1. The zero-order chi connectivity index (χ0) is 20.3. The highest BCUT2D eigenvalue weighted by Crippen LogP contribution is 2.35. The van der Waals surface area contributed by atoms with Crippen LogP contribution >= 0.6 is 0 Å². The Kier molecular flexibility index (Phi) is 5.30. The first-order chi connectivity index (χ1) is 13.5. The monoisotopic (exact) mass is 383 g/mol. The molecule has 0 fully saturated rings. The number of furan rings is 1. The van der Waals surface area contributed by atoms with E-state index in [4.69, 9.17) is 18.6 Å². The van der Waals surface area contributed by atoms with E-state index in [1.54, 1.807) is 24.3 Å². The number of benzene rings is 2. The number of hydrogen-bond donors (Lipinski definition) is 0. The van der Waals surface area contributed by atoms with Gasteiger partial charge in [-0.15, -0.1) is 0 Å². The quantitative estimate of drug-likeness (QED) is 0.260. The van der Waals surface area contributed by atoms with Crippen molar-refractivity contribution in [3.63, 3.8) is 0 Å². The molecular weight excluding hydrogens is 366 g/mol. The van der Waals surface area contributed by atoms with Gasteiger partial charge >= 0.3 is 0 Å². The van der Waals surface area contributed by atoms with E-state index in [1.165, 1.54) is 45.6 Å². The Hall–Kier alpha value is -3.81. The summed E-state index contributed by atoms with van der Waals surface area (Å²) in [5, 5.41) is 12.1. The Labute approximate surface area is 160 Å². The lowest BCUT2D eigenvalue weighted by Gasteiger charge is -2.08. The fourth-order valence-corrected chi connectivity index (χ4v) is 2.74. The fourth-order valence-electron chi connectivity index (χ4n) is 2.74. The Morgan fingerprint density at radius 1 is 1.04 bits per heavy atom. The third-order valence-electron chi connectivity index (χ3n) is 4.11. The molecule has 144 valence electrons. The molecule has 1 aromatic heterocycles. The van der Waals surface area contributed by atoms with Gasteiger partial charge in [0.25, 0.3) is 5.69 Å². The SMILES string of the molecule is COc1cc(/C=C/C(=O)c2cc3cccc(OC)c3o2)c([N+](=O)[O-])cc1OC. The van der Waals surface area contributed by atoms with E-state index in [-0.39, 0.29) is 22.8 Å². The summed E-state index contributed by atoms with van der Waals surface area (Å²) in [4.78, 5) is 23.3. The van der Waals surface area contributed by atoms with Crippen LogP contribution in [0.1, 0.15) is 16.1 Å². The zero-order valence-corrected chi connectivity index (χ0v) is 15.4. The summed E-state index contributed by atoms with van der Waals surface area (Å²) >= 11 is 0. The average Bonchev–Trinajstić information content (AvgIpc) is 3.15.